The van der Waals surface area contributed by atoms with Crippen molar-refractivity contribution < 1.29 is 9.72 Å². The zero-order valence-corrected chi connectivity index (χ0v) is 11.8. The lowest BCUT2D eigenvalue weighted by molar-refractivity contribution is -0.384. The fourth-order valence-corrected chi connectivity index (χ4v) is 2.04. The summed E-state index contributed by atoms with van der Waals surface area (Å²) in [4.78, 5) is 21.3. The van der Waals surface area contributed by atoms with Gasteiger partial charge in [0.2, 0.25) is 0 Å². The molecule has 1 heterocycles. The van der Waals surface area contributed by atoms with Crippen molar-refractivity contribution in [2.75, 3.05) is 0 Å². The van der Waals surface area contributed by atoms with Gasteiger partial charge in [-0.15, -0.1) is 0 Å². The molecule has 0 fully saturated rings. The Bertz CT molecular complexity index is 679. The van der Waals surface area contributed by atoms with Crippen LogP contribution in [0, 0.1) is 24.0 Å². The van der Waals surface area contributed by atoms with Gasteiger partial charge in [0.25, 0.3) is 5.69 Å². The van der Waals surface area contributed by atoms with Gasteiger partial charge in [0.1, 0.15) is 12.0 Å². The first-order valence-corrected chi connectivity index (χ1v) is 6.20. The normalized spacial score (nSPS) is 10.5. The molecule has 1 aromatic heterocycles. The smallest absolute Gasteiger partial charge is 0.295 e. The van der Waals surface area contributed by atoms with Crippen molar-refractivity contribution in [1.82, 2.24) is 9.78 Å². The highest BCUT2D eigenvalue weighted by molar-refractivity contribution is 9.10. The number of halogens is 1. The van der Waals surface area contributed by atoms with Crippen LogP contribution in [0.4, 0.5) is 5.69 Å². The van der Waals surface area contributed by atoms with Gasteiger partial charge in [-0.2, -0.15) is 5.10 Å². The number of carbonyl (C=O) groups is 1. The number of nitrogens with zero attached hydrogens (tertiary/aromatic N) is 3. The first-order valence-electron chi connectivity index (χ1n) is 5.41. The first-order chi connectivity index (χ1) is 8.95. The van der Waals surface area contributed by atoms with Crippen molar-refractivity contribution in [3.05, 3.63) is 49.7 Å². The molecule has 0 bridgehead atoms. The van der Waals surface area contributed by atoms with E-state index in [9.17, 15) is 14.9 Å². The summed E-state index contributed by atoms with van der Waals surface area (Å²) >= 11 is 3.38. The van der Waals surface area contributed by atoms with Gasteiger partial charge in [-0.25, -0.2) is 4.68 Å². The minimum atomic E-state index is -0.521. The Morgan fingerprint density at radius 3 is 2.58 bits per heavy atom. The lowest BCUT2D eigenvalue weighted by Crippen LogP contribution is -2.04. The highest BCUT2D eigenvalue weighted by Gasteiger charge is 2.20. The number of carbonyl (C=O) groups excluding carboxylic acids is 1. The monoisotopic (exact) mass is 323 g/mol. The Labute approximate surface area is 117 Å². The highest BCUT2D eigenvalue weighted by Crippen LogP contribution is 2.28. The fourth-order valence-electron chi connectivity index (χ4n) is 1.80. The van der Waals surface area contributed by atoms with E-state index in [1.54, 1.807) is 13.8 Å². The van der Waals surface area contributed by atoms with Crippen molar-refractivity contribution in [1.29, 1.82) is 0 Å². The van der Waals surface area contributed by atoms with Crippen LogP contribution in [0.1, 0.15) is 21.7 Å². The molecule has 19 heavy (non-hydrogen) atoms. The molecule has 0 radical (unpaired) electrons. The summed E-state index contributed by atoms with van der Waals surface area (Å²) < 4.78 is 2.30. The number of benzene rings is 1. The summed E-state index contributed by atoms with van der Waals surface area (Å²) in [5.41, 5.74) is 1.95. The molecular formula is C12H10BrN3O3. The molecule has 0 saturated carbocycles. The second kappa shape index (κ2) is 4.93. The van der Waals surface area contributed by atoms with Gasteiger partial charge < -0.3 is 0 Å². The van der Waals surface area contributed by atoms with Crippen LogP contribution in [0.3, 0.4) is 0 Å². The first kappa shape index (κ1) is 13.4. The van der Waals surface area contributed by atoms with Crippen molar-refractivity contribution >= 4 is 27.9 Å². The molecule has 2 aromatic rings. The molecule has 0 atom stereocenters. The number of rotatable bonds is 3. The van der Waals surface area contributed by atoms with E-state index in [1.807, 2.05) is 0 Å². The van der Waals surface area contributed by atoms with Gasteiger partial charge in [-0.1, -0.05) is 0 Å². The summed E-state index contributed by atoms with van der Waals surface area (Å²) in [5.74, 6) is 0. The number of hydrogen-bond acceptors (Lipinski definition) is 4. The maximum absolute atomic E-state index is 11.1. The second-order valence-corrected chi connectivity index (χ2v) is 4.81. The van der Waals surface area contributed by atoms with Crippen molar-refractivity contribution in [3.8, 4) is 5.69 Å². The van der Waals surface area contributed by atoms with Gasteiger partial charge in [-0.05, 0) is 41.9 Å². The van der Waals surface area contributed by atoms with Gasteiger partial charge in [-0.3, -0.25) is 14.9 Å². The van der Waals surface area contributed by atoms with Crippen molar-refractivity contribution in [3.63, 3.8) is 0 Å². The molecule has 6 nitrogen and oxygen atoms in total. The average molecular weight is 324 g/mol. The highest BCUT2D eigenvalue weighted by atomic mass is 79.9. The molecule has 0 saturated heterocycles. The molecule has 2 rings (SSSR count). The number of aldehydes is 1. The van der Waals surface area contributed by atoms with E-state index in [4.69, 9.17) is 0 Å². The Kier molecular flexibility index (Phi) is 3.48. The number of nitro benzene ring substituents is 1. The van der Waals surface area contributed by atoms with Crippen LogP contribution in [0.25, 0.3) is 5.69 Å². The quantitative estimate of drug-likeness (QED) is 0.494. The molecule has 0 spiro atoms. The van der Waals surface area contributed by atoms with Crippen LogP contribution in [0.15, 0.2) is 22.7 Å². The standard InChI is InChI=1S/C12H10BrN3O3/c1-7-12(13)8(2)15(14-7)10-4-3-9(6-17)5-11(10)16(18)19/h3-6H,1-2H3. The molecule has 0 N–H and O–H groups in total. The largest absolute Gasteiger partial charge is 0.298 e. The van der Waals surface area contributed by atoms with Gasteiger partial charge in [0.15, 0.2) is 0 Å². The van der Waals surface area contributed by atoms with Crippen LogP contribution in [0.2, 0.25) is 0 Å². The van der Waals surface area contributed by atoms with Gasteiger partial charge in [0, 0.05) is 11.6 Å². The number of aromatic nitrogens is 2. The van der Waals surface area contributed by atoms with Crippen LogP contribution in [0.5, 0.6) is 0 Å². The topological polar surface area (TPSA) is 78.0 Å². The molecule has 0 aliphatic heterocycles. The Balaban J connectivity index is 2.71. The van der Waals surface area contributed by atoms with Gasteiger partial charge >= 0.3 is 0 Å². The van der Waals surface area contributed by atoms with E-state index >= 15 is 0 Å². The average Bonchev–Trinajstić information content (AvgIpc) is 2.65. The van der Waals surface area contributed by atoms with Crippen LogP contribution in [-0.4, -0.2) is 21.0 Å². The summed E-state index contributed by atoms with van der Waals surface area (Å²) in [6.07, 6.45) is 0.577. The SMILES string of the molecule is Cc1nn(-c2ccc(C=O)cc2[N+](=O)[O-])c(C)c1Br. The van der Waals surface area contributed by atoms with E-state index in [0.717, 1.165) is 15.9 Å². The van der Waals surface area contributed by atoms with Crippen molar-refractivity contribution in [2.45, 2.75) is 13.8 Å². The summed E-state index contributed by atoms with van der Waals surface area (Å²) in [7, 11) is 0. The maximum Gasteiger partial charge on any atom is 0.295 e. The number of nitro groups is 1. The third-order valence-electron chi connectivity index (χ3n) is 2.76. The molecular weight excluding hydrogens is 314 g/mol. The summed E-state index contributed by atoms with van der Waals surface area (Å²) in [6.45, 7) is 3.61. The zero-order chi connectivity index (χ0) is 14.2. The van der Waals surface area contributed by atoms with Crippen molar-refractivity contribution in [2.24, 2.45) is 0 Å². The van der Waals surface area contributed by atoms with Gasteiger partial charge in [0.05, 0.1) is 20.8 Å². The number of aryl methyl sites for hydroxylation is 1. The third-order valence-corrected chi connectivity index (χ3v) is 3.91. The Morgan fingerprint density at radius 2 is 2.11 bits per heavy atom. The third kappa shape index (κ3) is 2.28. The molecule has 7 heteroatoms. The molecule has 0 aliphatic rings. The van der Waals surface area contributed by atoms with E-state index in [-0.39, 0.29) is 11.3 Å². The van der Waals surface area contributed by atoms with E-state index < -0.39 is 4.92 Å². The molecule has 98 valence electrons. The zero-order valence-electron chi connectivity index (χ0n) is 10.3. The van der Waals surface area contributed by atoms with Crippen LogP contribution < -0.4 is 0 Å². The van der Waals surface area contributed by atoms with Crippen LogP contribution in [-0.2, 0) is 0 Å². The van der Waals surface area contributed by atoms with E-state index in [2.05, 4.69) is 21.0 Å². The fraction of sp³-hybridized carbons (Fsp3) is 0.167. The lowest BCUT2D eigenvalue weighted by atomic mass is 10.2. The predicted octanol–water partition coefficient (Wildman–Crippen LogP) is 2.97. The van der Waals surface area contributed by atoms with E-state index in [1.165, 1.54) is 22.9 Å². The van der Waals surface area contributed by atoms with Crippen LogP contribution >= 0.6 is 15.9 Å². The summed E-state index contributed by atoms with van der Waals surface area (Å²) in [6, 6.07) is 4.29. The number of hydrogen-bond donors (Lipinski definition) is 0. The molecule has 0 aliphatic carbocycles. The summed E-state index contributed by atoms with van der Waals surface area (Å²) in [5, 5.41) is 15.4. The molecule has 1 aromatic carbocycles. The maximum atomic E-state index is 11.1. The minimum Gasteiger partial charge on any atom is -0.298 e. The Morgan fingerprint density at radius 1 is 1.42 bits per heavy atom. The minimum absolute atomic E-state index is 0.150. The molecule has 0 unspecified atom stereocenters. The second-order valence-electron chi connectivity index (χ2n) is 4.02. The van der Waals surface area contributed by atoms with E-state index in [0.29, 0.717) is 12.0 Å². The lowest BCUT2D eigenvalue weighted by Gasteiger charge is -2.05. The predicted molar refractivity (Wildman–Crippen MR) is 72.8 cm³/mol. The molecule has 0 amide bonds. The Hall–Kier alpha value is -2.02.